The van der Waals surface area contributed by atoms with Gasteiger partial charge in [-0.15, -0.1) is 0 Å². The lowest BCUT2D eigenvalue weighted by Gasteiger charge is -2.24. The van der Waals surface area contributed by atoms with Crippen LogP contribution in [0.25, 0.3) is 0 Å². The lowest BCUT2D eigenvalue weighted by atomic mass is 10.1. The van der Waals surface area contributed by atoms with Gasteiger partial charge in [0.05, 0.1) is 13.7 Å². The Morgan fingerprint density at radius 3 is 2.71 bits per heavy atom. The minimum absolute atomic E-state index is 0.0688. The van der Waals surface area contributed by atoms with E-state index in [-0.39, 0.29) is 11.9 Å². The number of carbonyl (C=O) groups excluding carboxylic acids is 1. The number of anilines is 1. The van der Waals surface area contributed by atoms with E-state index in [9.17, 15) is 4.79 Å². The number of rotatable bonds is 7. The molecule has 0 fully saturated rings. The highest BCUT2D eigenvalue weighted by Gasteiger charge is 2.15. The lowest BCUT2D eigenvalue weighted by molar-refractivity contribution is -0.117. The van der Waals surface area contributed by atoms with Crippen molar-refractivity contribution < 1.29 is 9.53 Å². The van der Waals surface area contributed by atoms with Crippen molar-refractivity contribution in [1.82, 2.24) is 9.88 Å². The molecule has 5 heteroatoms. The van der Waals surface area contributed by atoms with E-state index >= 15 is 0 Å². The maximum atomic E-state index is 12.2. The Morgan fingerprint density at radius 2 is 2.04 bits per heavy atom. The molecule has 2 rings (SSSR count). The second-order valence-electron chi connectivity index (χ2n) is 6.05. The molecular formula is C19H25N3O2. The summed E-state index contributed by atoms with van der Waals surface area (Å²) in [4.78, 5) is 18.4. The first-order chi connectivity index (χ1) is 11.5. The number of carbonyl (C=O) groups is 1. The number of hydrogen-bond donors (Lipinski definition) is 1. The van der Waals surface area contributed by atoms with Gasteiger partial charge in [-0.2, -0.15) is 0 Å². The van der Waals surface area contributed by atoms with Gasteiger partial charge in [-0.25, -0.2) is 4.98 Å². The maximum absolute atomic E-state index is 12.2. The number of nitrogens with one attached hydrogen (secondary N) is 1. The third kappa shape index (κ3) is 5.06. The van der Waals surface area contributed by atoms with Gasteiger partial charge in [-0.05, 0) is 50.6 Å². The summed E-state index contributed by atoms with van der Waals surface area (Å²) in [5, 5.41) is 2.82. The van der Waals surface area contributed by atoms with E-state index in [0.29, 0.717) is 12.4 Å². The molecule has 0 aliphatic carbocycles. The van der Waals surface area contributed by atoms with Crippen LogP contribution < -0.4 is 10.1 Å². The largest absolute Gasteiger partial charge is 0.496 e. The number of methoxy groups -OCH3 is 1. The number of ether oxygens (including phenoxy) is 1. The zero-order valence-electron chi connectivity index (χ0n) is 14.7. The summed E-state index contributed by atoms with van der Waals surface area (Å²) in [7, 11) is 3.62. The third-order valence-corrected chi connectivity index (χ3v) is 4.03. The van der Waals surface area contributed by atoms with Crippen LogP contribution in [0.4, 0.5) is 5.82 Å². The van der Waals surface area contributed by atoms with Gasteiger partial charge in [-0.3, -0.25) is 9.69 Å². The highest BCUT2D eigenvalue weighted by Crippen LogP contribution is 2.20. The Kier molecular flexibility index (Phi) is 6.32. The molecule has 0 saturated heterocycles. The fraction of sp³-hybridized carbons (Fsp3) is 0.368. The molecule has 0 spiro atoms. The molecule has 24 heavy (non-hydrogen) atoms. The minimum atomic E-state index is -0.0688. The quantitative estimate of drug-likeness (QED) is 0.849. The van der Waals surface area contributed by atoms with Crippen molar-refractivity contribution in [2.24, 2.45) is 0 Å². The fourth-order valence-electron chi connectivity index (χ4n) is 2.45. The van der Waals surface area contributed by atoms with Crippen molar-refractivity contribution in [2.75, 3.05) is 26.0 Å². The number of aromatic nitrogens is 1. The van der Waals surface area contributed by atoms with E-state index in [0.717, 1.165) is 23.3 Å². The van der Waals surface area contributed by atoms with Gasteiger partial charge in [0.25, 0.3) is 0 Å². The third-order valence-electron chi connectivity index (χ3n) is 4.03. The number of pyridine rings is 1. The molecule has 0 bridgehead atoms. The number of aryl methyl sites for hydroxylation is 1. The first-order valence-corrected chi connectivity index (χ1v) is 8.04. The van der Waals surface area contributed by atoms with E-state index in [2.05, 4.69) is 23.3 Å². The van der Waals surface area contributed by atoms with Crippen LogP contribution in [0.3, 0.4) is 0 Å². The molecule has 0 aliphatic rings. The summed E-state index contributed by atoms with van der Waals surface area (Å²) in [6, 6.07) is 11.9. The molecular weight excluding hydrogens is 302 g/mol. The Labute approximate surface area is 143 Å². The van der Waals surface area contributed by atoms with Crippen molar-refractivity contribution in [3.63, 3.8) is 0 Å². The summed E-state index contributed by atoms with van der Waals surface area (Å²) in [5.74, 6) is 1.39. The van der Waals surface area contributed by atoms with Gasteiger partial charge < -0.3 is 10.1 Å². The normalized spacial score (nSPS) is 12.0. The highest BCUT2D eigenvalue weighted by atomic mass is 16.5. The highest BCUT2D eigenvalue weighted by molar-refractivity contribution is 5.91. The topological polar surface area (TPSA) is 54.5 Å². The van der Waals surface area contributed by atoms with Crippen LogP contribution in [0.15, 0.2) is 42.6 Å². The van der Waals surface area contributed by atoms with E-state index in [4.69, 9.17) is 4.74 Å². The molecule has 1 amide bonds. The van der Waals surface area contributed by atoms with Crippen LogP contribution in [0, 0.1) is 6.92 Å². The summed E-state index contributed by atoms with van der Waals surface area (Å²) in [5.41, 5.74) is 2.20. The SMILES string of the molecule is COc1ccccc1C[C@H](C)N(C)CC(=O)Nc1ccc(C)cn1. The first-order valence-electron chi connectivity index (χ1n) is 8.04. The van der Waals surface area contributed by atoms with Crippen LogP contribution in [-0.4, -0.2) is 42.5 Å². The van der Waals surface area contributed by atoms with Crippen molar-refractivity contribution in [2.45, 2.75) is 26.3 Å². The van der Waals surface area contributed by atoms with Gasteiger partial charge >= 0.3 is 0 Å². The predicted molar refractivity (Wildman–Crippen MR) is 96.4 cm³/mol. The average Bonchev–Trinajstić information content (AvgIpc) is 2.57. The molecule has 1 heterocycles. The Hall–Kier alpha value is -2.40. The zero-order chi connectivity index (χ0) is 17.5. The van der Waals surface area contributed by atoms with Crippen LogP contribution in [0.2, 0.25) is 0 Å². The lowest BCUT2D eigenvalue weighted by Crippen LogP contribution is -2.37. The number of para-hydroxylation sites is 1. The van der Waals surface area contributed by atoms with Gasteiger partial charge in [0.1, 0.15) is 11.6 Å². The molecule has 5 nitrogen and oxygen atoms in total. The minimum Gasteiger partial charge on any atom is -0.496 e. The number of benzene rings is 1. The first kappa shape index (κ1) is 17.9. The smallest absolute Gasteiger partial charge is 0.239 e. The Morgan fingerprint density at radius 1 is 1.29 bits per heavy atom. The Balaban J connectivity index is 1.89. The van der Waals surface area contributed by atoms with Gasteiger partial charge in [-0.1, -0.05) is 24.3 Å². The molecule has 2 aromatic rings. The molecule has 0 saturated carbocycles. The molecule has 1 aromatic carbocycles. The molecule has 0 unspecified atom stereocenters. The predicted octanol–water partition coefficient (Wildman–Crippen LogP) is 2.90. The Bertz CT molecular complexity index is 671. The van der Waals surface area contributed by atoms with Crippen molar-refractivity contribution in [3.05, 3.63) is 53.7 Å². The van der Waals surface area contributed by atoms with E-state index in [1.54, 1.807) is 13.3 Å². The van der Waals surface area contributed by atoms with Gasteiger partial charge in [0.2, 0.25) is 5.91 Å². The van der Waals surface area contributed by atoms with Crippen LogP contribution in [0.5, 0.6) is 5.75 Å². The van der Waals surface area contributed by atoms with Crippen LogP contribution in [0.1, 0.15) is 18.1 Å². The van der Waals surface area contributed by atoms with Crippen LogP contribution in [-0.2, 0) is 11.2 Å². The average molecular weight is 327 g/mol. The van der Waals surface area contributed by atoms with E-state index in [1.807, 2.05) is 49.2 Å². The maximum Gasteiger partial charge on any atom is 0.239 e. The van der Waals surface area contributed by atoms with Crippen molar-refractivity contribution in [1.29, 1.82) is 0 Å². The van der Waals surface area contributed by atoms with Gasteiger partial charge in [0.15, 0.2) is 0 Å². The second kappa shape index (κ2) is 8.45. The van der Waals surface area contributed by atoms with Crippen molar-refractivity contribution >= 4 is 11.7 Å². The van der Waals surface area contributed by atoms with Gasteiger partial charge in [0, 0.05) is 12.2 Å². The number of hydrogen-bond acceptors (Lipinski definition) is 4. The molecule has 1 N–H and O–H groups in total. The monoisotopic (exact) mass is 327 g/mol. The number of nitrogens with zero attached hydrogens (tertiary/aromatic N) is 2. The molecule has 128 valence electrons. The molecule has 0 radical (unpaired) electrons. The summed E-state index contributed by atoms with van der Waals surface area (Å²) >= 11 is 0. The standard InChI is InChI=1S/C19H25N3O2/c1-14-9-10-18(20-12-14)21-19(23)13-22(3)15(2)11-16-7-5-6-8-17(16)24-4/h5-10,12,15H,11,13H2,1-4H3,(H,20,21,23)/t15-/m0/s1. The summed E-state index contributed by atoms with van der Waals surface area (Å²) < 4.78 is 5.39. The summed E-state index contributed by atoms with van der Waals surface area (Å²) in [6.07, 6.45) is 2.56. The molecule has 0 aliphatic heterocycles. The zero-order valence-corrected chi connectivity index (χ0v) is 14.7. The fourth-order valence-corrected chi connectivity index (χ4v) is 2.45. The van der Waals surface area contributed by atoms with E-state index in [1.165, 1.54) is 0 Å². The molecule has 1 atom stereocenters. The number of likely N-dealkylation sites (N-methyl/N-ethyl adjacent to an activating group) is 1. The van der Waals surface area contributed by atoms with Crippen molar-refractivity contribution in [3.8, 4) is 5.75 Å². The second-order valence-corrected chi connectivity index (χ2v) is 6.05. The molecule has 1 aromatic heterocycles. The summed E-state index contributed by atoms with van der Waals surface area (Å²) in [6.45, 7) is 4.38. The van der Waals surface area contributed by atoms with Crippen LogP contribution >= 0.6 is 0 Å². The number of amides is 1. The van der Waals surface area contributed by atoms with E-state index < -0.39 is 0 Å².